The van der Waals surface area contributed by atoms with Gasteiger partial charge in [-0.3, -0.25) is 9.78 Å². The van der Waals surface area contributed by atoms with Gasteiger partial charge in [-0.15, -0.1) is 0 Å². The second-order valence-corrected chi connectivity index (χ2v) is 6.21. The molecule has 2 atom stereocenters. The minimum atomic E-state index is -1.12. The third kappa shape index (κ3) is 4.77. The number of nitrogens with one attached hydrogen (secondary N) is 1. The summed E-state index contributed by atoms with van der Waals surface area (Å²) in [6.45, 7) is 1.07. The number of hydrogen-bond donors (Lipinski definition) is 1. The van der Waals surface area contributed by atoms with Gasteiger partial charge < -0.3 is 14.8 Å². The summed E-state index contributed by atoms with van der Waals surface area (Å²) < 4.78 is 10.9. The molecule has 1 aliphatic rings. The van der Waals surface area contributed by atoms with Crippen LogP contribution >= 0.6 is 11.6 Å². The summed E-state index contributed by atoms with van der Waals surface area (Å²) in [7, 11) is 0. The minimum Gasteiger partial charge on any atom is -0.444 e. The van der Waals surface area contributed by atoms with E-state index in [-0.39, 0.29) is 16.8 Å². The van der Waals surface area contributed by atoms with Crippen molar-refractivity contribution in [1.29, 1.82) is 0 Å². The topological polar surface area (TPSA) is 90.4 Å². The molecule has 2 unspecified atom stereocenters. The number of nitrogens with zero attached hydrogens (tertiary/aromatic N) is 2. The summed E-state index contributed by atoms with van der Waals surface area (Å²) >= 11 is 5.72. The predicted octanol–water partition coefficient (Wildman–Crippen LogP) is 2.32. The molecular formula is C18H18ClN3O4. The lowest BCUT2D eigenvalue weighted by Crippen LogP contribution is -2.37. The van der Waals surface area contributed by atoms with Gasteiger partial charge in [-0.25, -0.2) is 9.78 Å². The fourth-order valence-electron chi connectivity index (χ4n) is 2.59. The van der Waals surface area contributed by atoms with Gasteiger partial charge >= 0.3 is 5.97 Å². The molecule has 0 spiro atoms. The van der Waals surface area contributed by atoms with E-state index in [9.17, 15) is 9.59 Å². The maximum Gasteiger partial charge on any atom is 0.340 e. The van der Waals surface area contributed by atoms with Crippen molar-refractivity contribution in [2.45, 2.75) is 25.0 Å². The van der Waals surface area contributed by atoms with E-state index in [2.05, 4.69) is 15.3 Å². The Labute approximate surface area is 155 Å². The predicted molar refractivity (Wildman–Crippen MR) is 93.6 cm³/mol. The second kappa shape index (κ2) is 8.73. The van der Waals surface area contributed by atoms with Crippen molar-refractivity contribution in [2.24, 2.45) is 0 Å². The Bertz CT molecular complexity index is 749. The van der Waals surface area contributed by atoms with Crippen LogP contribution in [0.5, 0.6) is 0 Å². The molecule has 26 heavy (non-hydrogen) atoms. The van der Waals surface area contributed by atoms with Crippen molar-refractivity contribution in [3.63, 3.8) is 0 Å². The Kier molecular flexibility index (Phi) is 6.14. The first-order valence-electron chi connectivity index (χ1n) is 8.25. The van der Waals surface area contributed by atoms with Gasteiger partial charge in [-0.05, 0) is 31.0 Å². The molecule has 7 nitrogen and oxygen atoms in total. The number of amides is 1. The van der Waals surface area contributed by atoms with Crippen LogP contribution in [0.3, 0.4) is 0 Å². The third-order valence-corrected chi connectivity index (χ3v) is 4.16. The van der Waals surface area contributed by atoms with Crippen molar-refractivity contribution in [2.75, 3.05) is 13.2 Å². The van der Waals surface area contributed by atoms with E-state index < -0.39 is 18.0 Å². The van der Waals surface area contributed by atoms with E-state index in [0.717, 1.165) is 12.8 Å². The van der Waals surface area contributed by atoms with Crippen LogP contribution in [0.2, 0.25) is 5.15 Å². The molecule has 0 radical (unpaired) electrons. The molecule has 0 bridgehead atoms. The Morgan fingerprint density at radius 3 is 2.88 bits per heavy atom. The first-order chi connectivity index (χ1) is 12.6. The zero-order valence-corrected chi connectivity index (χ0v) is 14.7. The van der Waals surface area contributed by atoms with Crippen molar-refractivity contribution in [1.82, 2.24) is 15.3 Å². The molecule has 1 saturated heterocycles. The van der Waals surface area contributed by atoms with Crippen LogP contribution in [0.1, 0.15) is 34.9 Å². The van der Waals surface area contributed by atoms with Gasteiger partial charge in [0.25, 0.3) is 5.91 Å². The lowest BCUT2D eigenvalue weighted by Gasteiger charge is -2.19. The van der Waals surface area contributed by atoms with E-state index in [1.165, 1.54) is 24.5 Å². The first-order valence-corrected chi connectivity index (χ1v) is 8.63. The highest BCUT2D eigenvalue weighted by atomic mass is 35.5. The van der Waals surface area contributed by atoms with E-state index in [4.69, 9.17) is 21.1 Å². The summed E-state index contributed by atoms with van der Waals surface area (Å²) in [5.41, 5.74) is 0.683. The van der Waals surface area contributed by atoms with Crippen LogP contribution in [-0.4, -0.2) is 41.1 Å². The van der Waals surface area contributed by atoms with Crippen LogP contribution in [0, 0.1) is 0 Å². The summed E-state index contributed by atoms with van der Waals surface area (Å²) in [4.78, 5) is 32.8. The minimum absolute atomic E-state index is 0.00957. The van der Waals surface area contributed by atoms with E-state index in [1.807, 2.05) is 0 Å². The van der Waals surface area contributed by atoms with Crippen LogP contribution in [-0.2, 0) is 14.3 Å². The van der Waals surface area contributed by atoms with Gasteiger partial charge in [0.15, 0.2) is 0 Å². The molecule has 1 fully saturated rings. The summed E-state index contributed by atoms with van der Waals surface area (Å²) in [5, 5.41) is 3.05. The van der Waals surface area contributed by atoms with Crippen molar-refractivity contribution >= 4 is 23.5 Å². The third-order valence-electron chi connectivity index (χ3n) is 3.94. The molecule has 0 aliphatic carbocycles. The molecule has 136 valence electrons. The number of aromatic nitrogens is 2. The van der Waals surface area contributed by atoms with Gasteiger partial charge in [0, 0.05) is 37.3 Å². The highest BCUT2D eigenvalue weighted by Crippen LogP contribution is 2.20. The molecule has 1 N–H and O–H groups in total. The standard InChI is InChI=1S/C18H18ClN3O4/c19-15-6-5-13(10-21-15)18(24)26-16(12-3-1-7-20-9-12)17(23)22-11-14-4-2-8-25-14/h1,3,5-7,9-10,14,16H,2,4,8,11H2,(H,22,23). The number of rotatable bonds is 6. The van der Waals surface area contributed by atoms with E-state index >= 15 is 0 Å². The zero-order chi connectivity index (χ0) is 18.4. The number of carbonyl (C=O) groups excluding carboxylic acids is 2. The smallest absolute Gasteiger partial charge is 0.340 e. The summed E-state index contributed by atoms with van der Waals surface area (Å²) in [6.07, 6.45) is 5.12. The average Bonchev–Trinajstić information content (AvgIpc) is 3.19. The van der Waals surface area contributed by atoms with E-state index in [1.54, 1.807) is 18.3 Å². The molecule has 3 rings (SSSR count). The van der Waals surface area contributed by atoms with Crippen molar-refractivity contribution in [3.05, 3.63) is 59.1 Å². The molecule has 1 amide bonds. The molecule has 0 aromatic carbocycles. The molecule has 8 heteroatoms. The number of pyridine rings is 2. The Morgan fingerprint density at radius 1 is 1.35 bits per heavy atom. The van der Waals surface area contributed by atoms with Crippen LogP contribution in [0.25, 0.3) is 0 Å². The van der Waals surface area contributed by atoms with Crippen molar-refractivity contribution in [3.8, 4) is 0 Å². The number of hydrogen-bond acceptors (Lipinski definition) is 6. The van der Waals surface area contributed by atoms with Gasteiger partial charge in [0.2, 0.25) is 6.10 Å². The lowest BCUT2D eigenvalue weighted by atomic mass is 10.1. The summed E-state index contributed by atoms with van der Waals surface area (Å²) in [5.74, 6) is -1.10. The van der Waals surface area contributed by atoms with E-state index in [0.29, 0.717) is 18.7 Å². The van der Waals surface area contributed by atoms with Crippen LogP contribution < -0.4 is 5.32 Å². The quantitative estimate of drug-likeness (QED) is 0.615. The molecule has 2 aromatic rings. The highest BCUT2D eigenvalue weighted by Gasteiger charge is 2.27. The van der Waals surface area contributed by atoms with Gasteiger partial charge in [0.1, 0.15) is 5.15 Å². The first kappa shape index (κ1) is 18.3. The fraction of sp³-hybridized carbons (Fsp3) is 0.333. The van der Waals surface area contributed by atoms with Gasteiger partial charge in [-0.2, -0.15) is 0 Å². The van der Waals surface area contributed by atoms with Crippen LogP contribution in [0.15, 0.2) is 42.9 Å². The molecule has 3 heterocycles. The average molecular weight is 376 g/mol. The maximum absolute atomic E-state index is 12.6. The fourth-order valence-corrected chi connectivity index (χ4v) is 2.70. The summed E-state index contributed by atoms with van der Waals surface area (Å²) in [6, 6.07) is 6.32. The number of ether oxygens (including phenoxy) is 2. The number of carbonyl (C=O) groups is 2. The number of halogens is 1. The molecule has 2 aromatic heterocycles. The maximum atomic E-state index is 12.6. The van der Waals surface area contributed by atoms with Gasteiger partial charge in [0.05, 0.1) is 11.7 Å². The molecular weight excluding hydrogens is 358 g/mol. The van der Waals surface area contributed by atoms with Crippen molar-refractivity contribution < 1.29 is 19.1 Å². The Balaban J connectivity index is 1.71. The highest BCUT2D eigenvalue weighted by molar-refractivity contribution is 6.29. The Hall–Kier alpha value is -2.51. The lowest BCUT2D eigenvalue weighted by molar-refractivity contribution is -0.130. The Morgan fingerprint density at radius 2 is 2.23 bits per heavy atom. The largest absolute Gasteiger partial charge is 0.444 e. The van der Waals surface area contributed by atoms with Gasteiger partial charge in [-0.1, -0.05) is 17.7 Å². The number of esters is 1. The SMILES string of the molecule is O=C(OC(C(=O)NCC1CCCO1)c1cccnc1)c1ccc(Cl)nc1. The molecule has 1 aliphatic heterocycles. The monoisotopic (exact) mass is 375 g/mol. The van der Waals surface area contributed by atoms with Crippen LogP contribution in [0.4, 0.5) is 0 Å². The molecule has 0 saturated carbocycles. The normalized spacial score (nSPS) is 17.5. The zero-order valence-electron chi connectivity index (χ0n) is 13.9. The second-order valence-electron chi connectivity index (χ2n) is 5.82.